The second-order valence-electron chi connectivity index (χ2n) is 3.80. The van der Waals surface area contributed by atoms with Gasteiger partial charge >= 0.3 is 8.80 Å². The lowest BCUT2D eigenvalue weighted by Crippen LogP contribution is -2.46. The summed E-state index contributed by atoms with van der Waals surface area (Å²) in [5.74, 6) is 0. The molecular weight excluding hydrogens is 184 g/mol. The summed E-state index contributed by atoms with van der Waals surface area (Å²) in [6, 6.07) is 0.642. The van der Waals surface area contributed by atoms with Crippen LogP contribution >= 0.6 is 0 Å². The fourth-order valence-electron chi connectivity index (χ4n) is 1.20. The van der Waals surface area contributed by atoms with Crippen molar-refractivity contribution in [3.63, 3.8) is 0 Å². The summed E-state index contributed by atoms with van der Waals surface area (Å²) < 4.78 is 10.9. The molecule has 0 radical (unpaired) electrons. The van der Waals surface area contributed by atoms with Gasteiger partial charge in [0.1, 0.15) is 0 Å². The topological polar surface area (TPSA) is 38.7 Å². The van der Waals surface area contributed by atoms with Gasteiger partial charge in [-0.2, -0.15) is 0 Å². The highest BCUT2D eigenvalue weighted by Gasteiger charge is 2.37. The molecule has 0 amide bonds. The largest absolute Gasteiger partial charge is 0.498 e. The van der Waals surface area contributed by atoms with Gasteiger partial charge < -0.3 is 13.6 Å². The first-order valence-electron chi connectivity index (χ1n) is 4.97. The summed E-state index contributed by atoms with van der Waals surface area (Å²) in [5, 5.41) is 0. The molecule has 0 aliphatic heterocycles. The molecule has 13 heavy (non-hydrogen) atoms. The Morgan fingerprint density at radius 1 is 1.08 bits per heavy atom. The summed E-state index contributed by atoms with van der Waals surface area (Å²) in [4.78, 5) is 10.0. The molecule has 0 spiro atoms. The predicted octanol–water partition coefficient (Wildman–Crippen LogP) is 2.18. The molecule has 4 heteroatoms. The molecule has 0 atom stereocenters. The van der Waals surface area contributed by atoms with E-state index in [0.29, 0.717) is 6.04 Å². The third-order valence-corrected chi connectivity index (χ3v) is 4.22. The van der Waals surface area contributed by atoms with Crippen LogP contribution in [0.4, 0.5) is 0 Å². The third kappa shape index (κ3) is 6.21. The van der Waals surface area contributed by atoms with Gasteiger partial charge in [-0.25, -0.2) is 0 Å². The van der Waals surface area contributed by atoms with Gasteiger partial charge in [0.25, 0.3) is 0 Å². The van der Waals surface area contributed by atoms with Crippen LogP contribution in [0.2, 0.25) is 6.04 Å². The van der Waals surface area contributed by atoms with Gasteiger partial charge in [-0.1, -0.05) is 13.3 Å². The molecule has 1 N–H and O–H groups in total. The van der Waals surface area contributed by atoms with Crippen LogP contribution in [0.25, 0.3) is 0 Å². The van der Waals surface area contributed by atoms with Crippen molar-refractivity contribution in [2.24, 2.45) is 0 Å². The van der Waals surface area contributed by atoms with Gasteiger partial charge in [-0.3, -0.25) is 0 Å². The fourth-order valence-corrected chi connectivity index (χ4v) is 3.59. The Balaban J connectivity index is 4.15. The van der Waals surface area contributed by atoms with E-state index >= 15 is 0 Å². The highest BCUT2D eigenvalue weighted by Crippen LogP contribution is 2.16. The van der Waals surface area contributed by atoms with Gasteiger partial charge in [-0.15, -0.1) is 0 Å². The van der Waals surface area contributed by atoms with Crippen molar-refractivity contribution >= 4 is 8.80 Å². The van der Waals surface area contributed by atoms with E-state index in [1.807, 2.05) is 34.6 Å². The Kier molecular flexibility index (Phi) is 5.79. The highest BCUT2D eigenvalue weighted by molar-refractivity contribution is 6.59. The molecule has 0 aliphatic rings. The normalized spacial score (nSPS) is 12.9. The van der Waals surface area contributed by atoms with Gasteiger partial charge in [0.2, 0.25) is 0 Å². The second-order valence-corrected chi connectivity index (χ2v) is 6.19. The molecule has 0 aromatic heterocycles. The van der Waals surface area contributed by atoms with Crippen molar-refractivity contribution in [3.05, 3.63) is 0 Å². The average molecular weight is 206 g/mol. The molecule has 0 saturated heterocycles. The van der Waals surface area contributed by atoms with Gasteiger partial charge in [0.05, 0.1) is 0 Å². The molecule has 0 bridgehead atoms. The standard InChI is InChI=1S/C9H22O3Si/c1-6-7-13(10,11-8(2)3)12-9(4)5/h8-10H,6-7H2,1-5H3. The molecule has 0 heterocycles. The van der Waals surface area contributed by atoms with Crippen LogP contribution in [-0.4, -0.2) is 25.8 Å². The predicted molar refractivity (Wildman–Crippen MR) is 55.5 cm³/mol. The lowest BCUT2D eigenvalue weighted by Gasteiger charge is -2.27. The van der Waals surface area contributed by atoms with Crippen molar-refractivity contribution < 1.29 is 13.6 Å². The summed E-state index contributed by atoms with van der Waals surface area (Å²) in [7, 11) is -2.88. The van der Waals surface area contributed by atoms with Crippen LogP contribution in [0.5, 0.6) is 0 Å². The lowest BCUT2D eigenvalue weighted by molar-refractivity contribution is 0.0476. The van der Waals surface area contributed by atoms with E-state index in [-0.39, 0.29) is 12.2 Å². The molecule has 3 nitrogen and oxygen atoms in total. The molecule has 0 aromatic carbocycles. The van der Waals surface area contributed by atoms with Crippen LogP contribution in [0, 0.1) is 0 Å². The van der Waals surface area contributed by atoms with Crippen LogP contribution in [0.15, 0.2) is 0 Å². The van der Waals surface area contributed by atoms with Crippen LogP contribution in [0.3, 0.4) is 0 Å². The van der Waals surface area contributed by atoms with E-state index in [0.717, 1.165) is 6.42 Å². The van der Waals surface area contributed by atoms with E-state index in [9.17, 15) is 4.80 Å². The minimum Gasteiger partial charge on any atom is -0.390 e. The van der Waals surface area contributed by atoms with Crippen molar-refractivity contribution in [2.45, 2.75) is 59.3 Å². The second kappa shape index (κ2) is 5.75. The number of hydrogen-bond donors (Lipinski definition) is 1. The van der Waals surface area contributed by atoms with Crippen LogP contribution < -0.4 is 0 Å². The molecule has 0 rings (SSSR count). The smallest absolute Gasteiger partial charge is 0.390 e. The fraction of sp³-hybridized carbons (Fsp3) is 1.00. The molecule has 0 unspecified atom stereocenters. The first-order valence-corrected chi connectivity index (χ1v) is 6.94. The summed E-state index contributed by atoms with van der Waals surface area (Å²) in [5.41, 5.74) is 0. The maximum absolute atomic E-state index is 10.0. The van der Waals surface area contributed by atoms with Gasteiger partial charge in [0.15, 0.2) is 0 Å². The quantitative estimate of drug-likeness (QED) is 0.677. The Morgan fingerprint density at radius 3 is 1.69 bits per heavy atom. The zero-order valence-corrected chi connectivity index (χ0v) is 10.3. The van der Waals surface area contributed by atoms with E-state index in [1.54, 1.807) is 0 Å². The zero-order valence-electron chi connectivity index (χ0n) is 9.33. The number of hydrogen-bond acceptors (Lipinski definition) is 3. The summed E-state index contributed by atoms with van der Waals surface area (Å²) >= 11 is 0. The van der Waals surface area contributed by atoms with Crippen molar-refractivity contribution in [2.75, 3.05) is 0 Å². The molecule has 0 fully saturated rings. The van der Waals surface area contributed by atoms with Crippen molar-refractivity contribution in [1.82, 2.24) is 0 Å². The Morgan fingerprint density at radius 2 is 1.46 bits per heavy atom. The Hall–Kier alpha value is 0.0969. The van der Waals surface area contributed by atoms with E-state index in [4.69, 9.17) is 8.85 Å². The maximum atomic E-state index is 10.0. The van der Waals surface area contributed by atoms with E-state index in [1.165, 1.54) is 0 Å². The van der Waals surface area contributed by atoms with Crippen molar-refractivity contribution in [3.8, 4) is 0 Å². The molecule has 0 aromatic rings. The highest BCUT2D eigenvalue weighted by atomic mass is 28.4. The first-order chi connectivity index (χ1) is 5.89. The average Bonchev–Trinajstić information content (AvgIpc) is 1.81. The summed E-state index contributed by atoms with van der Waals surface area (Å²) in [6.07, 6.45) is 0.950. The number of rotatable bonds is 6. The Labute approximate surface area is 82.4 Å². The van der Waals surface area contributed by atoms with E-state index in [2.05, 4.69) is 0 Å². The Bertz CT molecular complexity index is 127. The maximum Gasteiger partial charge on any atom is 0.498 e. The SMILES string of the molecule is CCC[Si](O)(OC(C)C)OC(C)C. The monoisotopic (exact) mass is 206 g/mol. The lowest BCUT2D eigenvalue weighted by atomic mass is 10.5. The zero-order chi connectivity index (χ0) is 10.5. The third-order valence-electron chi connectivity index (χ3n) is 1.41. The molecule has 0 aliphatic carbocycles. The first kappa shape index (κ1) is 13.1. The van der Waals surface area contributed by atoms with E-state index < -0.39 is 8.80 Å². The molecule has 0 saturated carbocycles. The van der Waals surface area contributed by atoms with Crippen molar-refractivity contribution in [1.29, 1.82) is 0 Å². The molecular formula is C9H22O3Si. The van der Waals surface area contributed by atoms with Gasteiger partial charge in [0, 0.05) is 18.3 Å². The molecule has 80 valence electrons. The summed E-state index contributed by atoms with van der Waals surface area (Å²) in [6.45, 7) is 9.68. The minimum absolute atomic E-state index is 0.0296. The van der Waals surface area contributed by atoms with Gasteiger partial charge in [-0.05, 0) is 27.7 Å². The minimum atomic E-state index is -2.88. The van der Waals surface area contributed by atoms with Crippen LogP contribution in [-0.2, 0) is 8.85 Å². The van der Waals surface area contributed by atoms with Crippen LogP contribution in [0.1, 0.15) is 41.0 Å².